The minimum Gasteiger partial charge on any atom is -0.343 e. The van der Waals surface area contributed by atoms with Crippen molar-refractivity contribution < 1.29 is 9.36 Å². The molecule has 0 bridgehead atoms. The molecule has 0 fully saturated rings. The summed E-state index contributed by atoms with van der Waals surface area (Å²) in [6.07, 6.45) is 6.59. The zero-order valence-corrected chi connectivity index (χ0v) is 16.9. The summed E-state index contributed by atoms with van der Waals surface area (Å²) in [5.74, 6) is 0.0869. The lowest BCUT2D eigenvalue weighted by atomic mass is 10.1. The number of fused-ring (bicyclic) bond motifs is 1. The number of aliphatic imine (C=N–C) groups is 1. The fourth-order valence-corrected chi connectivity index (χ4v) is 3.14. The number of hydrogen-bond donors (Lipinski definition) is 2. The van der Waals surface area contributed by atoms with Crippen LogP contribution in [0.2, 0.25) is 0 Å². The minimum absolute atomic E-state index is 0.0917. The molecule has 0 atom stereocenters. The molecule has 7 heteroatoms. The average molecular weight is 417 g/mol. The molecule has 2 heterocycles. The van der Waals surface area contributed by atoms with Crippen molar-refractivity contribution in [3.05, 3.63) is 102 Å². The van der Waals surface area contributed by atoms with Crippen molar-refractivity contribution in [1.29, 1.82) is 10.5 Å². The summed E-state index contributed by atoms with van der Waals surface area (Å²) in [4.78, 5) is 17.0. The zero-order chi connectivity index (χ0) is 22.3. The summed E-state index contributed by atoms with van der Waals surface area (Å²) in [6, 6.07) is 24.2. The Kier molecular flexibility index (Phi) is 5.83. The molecule has 32 heavy (non-hydrogen) atoms. The number of nitrogens with one attached hydrogen (secondary N) is 2. The van der Waals surface area contributed by atoms with Gasteiger partial charge in [-0.25, -0.2) is 0 Å². The van der Waals surface area contributed by atoms with Crippen LogP contribution in [-0.2, 0) is 4.79 Å². The molecule has 1 amide bonds. The first-order valence-corrected chi connectivity index (χ1v) is 9.73. The highest BCUT2D eigenvalue weighted by molar-refractivity contribution is 6.03. The third-order valence-corrected chi connectivity index (χ3v) is 4.63. The van der Waals surface area contributed by atoms with Gasteiger partial charge in [-0.15, -0.1) is 0 Å². The second-order valence-corrected chi connectivity index (χ2v) is 6.78. The van der Waals surface area contributed by atoms with Crippen molar-refractivity contribution in [2.45, 2.75) is 0 Å². The molecule has 0 aliphatic carbocycles. The van der Waals surface area contributed by atoms with Crippen LogP contribution in [0.3, 0.4) is 0 Å². The van der Waals surface area contributed by atoms with E-state index in [1.165, 1.54) is 6.08 Å². The Balaban J connectivity index is 1.65. The van der Waals surface area contributed by atoms with Crippen LogP contribution in [0.15, 0.2) is 101 Å². The summed E-state index contributed by atoms with van der Waals surface area (Å²) >= 11 is 0. The van der Waals surface area contributed by atoms with Gasteiger partial charge >= 0.3 is 5.84 Å². The van der Waals surface area contributed by atoms with E-state index in [4.69, 9.17) is 0 Å². The first kappa shape index (κ1) is 20.3. The molecule has 0 saturated heterocycles. The van der Waals surface area contributed by atoms with Gasteiger partial charge in [0.15, 0.2) is 17.0 Å². The highest BCUT2D eigenvalue weighted by Gasteiger charge is 2.30. The number of benzene rings is 2. The van der Waals surface area contributed by atoms with Gasteiger partial charge in [-0.05, 0) is 40.9 Å². The average Bonchev–Trinajstić information content (AvgIpc) is 2.84. The van der Waals surface area contributed by atoms with E-state index in [0.29, 0.717) is 28.6 Å². The molecule has 1 aromatic heterocycles. The van der Waals surface area contributed by atoms with E-state index in [1.807, 2.05) is 66.7 Å². The number of allylic oxidation sites excluding steroid dienone is 2. The second-order valence-electron chi connectivity index (χ2n) is 6.78. The third kappa shape index (κ3) is 4.43. The van der Waals surface area contributed by atoms with Crippen molar-refractivity contribution in [2.24, 2.45) is 4.99 Å². The number of rotatable bonds is 3. The molecule has 4 rings (SSSR count). The maximum absolute atomic E-state index is 12.4. The van der Waals surface area contributed by atoms with Crippen LogP contribution in [0.1, 0.15) is 5.56 Å². The van der Waals surface area contributed by atoms with Crippen LogP contribution >= 0.6 is 0 Å². The molecule has 1 aliphatic heterocycles. The van der Waals surface area contributed by atoms with Gasteiger partial charge in [-0.1, -0.05) is 42.5 Å². The van der Waals surface area contributed by atoms with E-state index in [1.54, 1.807) is 35.2 Å². The molecule has 0 saturated carbocycles. The Labute approximate surface area is 184 Å². The third-order valence-electron chi connectivity index (χ3n) is 4.63. The van der Waals surface area contributed by atoms with Crippen molar-refractivity contribution in [3.8, 4) is 12.1 Å². The predicted molar refractivity (Wildman–Crippen MR) is 122 cm³/mol. The smallest absolute Gasteiger partial charge is 0.343 e. The Morgan fingerprint density at radius 2 is 1.75 bits per heavy atom. The van der Waals surface area contributed by atoms with Crippen molar-refractivity contribution in [2.75, 3.05) is 10.6 Å². The normalized spacial score (nSPS) is 12.1. The lowest BCUT2D eigenvalue weighted by Gasteiger charge is -2.15. The zero-order valence-electron chi connectivity index (χ0n) is 16.9. The van der Waals surface area contributed by atoms with Crippen molar-refractivity contribution in [3.63, 3.8) is 0 Å². The quantitative estimate of drug-likeness (QED) is 0.383. The number of nitriles is 2. The molecule has 0 radical (unpaired) electrons. The fraction of sp³-hybridized carbons (Fsp3) is 0. The van der Waals surface area contributed by atoms with Gasteiger partial charge in [-0.3, -0.25) is 4.79 Å². The Bertz CT molecular complexity index is 1340. The standard InChI is InChI=1S/C25H16N6O/c26-15-19(16-27)24-25(30-22-11-5-4-10-21(22)29-24)31-14-6-9-20(17-31)28-23(32)13-12-18-7-2-1-3-8-18/h1-14,17,29H/p+1. The first-order chi connectivity index (χ1) is 15.7. The summed E-state index contributed by atoms with van der Waals surface area (Å²) in [5.41, 5.74) is 3.03. The van der Waals surface area contributed by atoms with Crippen LogP contribution in [0.25, 0.3) is 6.08 Å². The van der Waals surface area contributed by atoms with Crippen LogP contribution in [-0.4, -0.2) is 11.7 Å². The molecule has 152 valence electrons. The van der Waals surface area contributed by atoms with E-state index in [9.17, 15) is 15.3 Å². The van der Waals surface area contributed by atoms with Gasteiger partial charge in [-0.2, -0.15) is 15.1 Å². The molecule has 0 spiro atoms. The summed E-state index contributed by atoms with van der Waals surface area (Å²) in [5, 5.41) is 24.8. The SMILES string of the molecule is N#CC(C#N)=C1Nc2ccccc2N=C1[n+]1cccc(NC(=O)C=Cc2ccccc2)c1. The Hall–Kier alpha value is -5.01. The Morgan fingerprint density at radius 3 is 2.53 bits per heavy atom. The number of para-hydroxylation sites is 2. The molecule has 7 nitrogen and oxygen atoms in total. The molecular formula is C25H17N6O+. The highest BCUT2D eigenvalue weighted by atomic mass is 16.1. The van der Waals surface area contributed by atoms with Crippen molar-refractivity contribution >= 4 is 34.9 Å². The lowest BCUT2D eigenvalue weighted by Crippen LogP contribution is -2.46. The monoisotopic (exact) mass is 417 g/mol. The molecule has 2 aromatic carbocycles. The van der Waals surface area contributed by atoms with Gasteiger partial charge < -0.3 is 10.6 Å². The van der Waals surface area contributed by atoms with Gasteiger partial charge in [0, 0.05) is 6.08 Å². The number of carbonyl (C=O) groups excluding carboxylic acids is 1. The summed E-state index contributed by atoms with van der Waals surface area (Å²) in [7, 11) is 0. The lowest BCUT2D eigenvalue weighted by molar-refractivity contribution is -0.553. The maximum Gasteiger partial charge on any atom is 0.354 e. The number of aromatic nitrogens is 1. The van der Waals surface area contributed by atoms with E-state index in [-0.39, 0.29) is 11.5 Å². The van der Waals surface area contributed by atoms with Gasteiger partial charge in [0.1, 0.15) is 18.3 Å². The molecular weight excluding hydrogens is 400 g/mol. The van der Waals surface area contributed by atoms with E-state index >= 15 is 0 Å². The number of pyridine rings is 1. The number of anilines is 2. The maximum atomic E-state index is 12.4. The minimum atomic E-state index is -0.286. The summed E-state index contributed by atoms with van der Waals surface area (Å²) < 4.78 is 1.66. The van der Waals surface area contributed by atoms with Gasteiger partial charge in [0.05, 0.1) is 17.6 Å². The van der Waals surface area contributed by atoms with E-state index in [0.717, 1.165) is 5.56 Å². The summed E-state index contributed by atoms with van der Waals surface area (Å²) in [6.45, 7) is 0. The van der Waals surface area contributed by atoms with E-state index in [2.05, 4.69) is 15.6 Å². The Morgan fingerprint density at radius 1 is 1.00 bits per heavy atom. The largest absolute Gasteiger partial charge is 0.354 e. The first-order valence-electron chi connectivity index (χ1n) is 9.73. The van der Waals surface area contributed by atoms with Crippen LogP contribution < -0.4 is 15.2 Å². The van der Waals surface area contributed by atoms with Gasteiger partial charge in [0.2, 0.25) is 5.91 Å². The highest BCUT2D eigenvalue weighted by Crippen LogP contribution is 2.30. The number of nitrogens with zero attached hydrogens (tertiary/aromatic N) is 4. The fourth-order valence-electron chi connectivity index (χ4n) is 3.14. The van der Waals surface area contributed by atoms with Gasteiger partial charge in [0.25, 0.3) is 0 Å². The van der Waals surface area contributed by atoms with Crippen LogP contribution in [0, 0.1) is 22.7 Å². The molecule has 1 aliphatic rings. The number of hydrogen-bond acceptors (Lipinski definition) is 5. The number of amides is 1. The molecule has 3 aromatic rings. The van der Waals surface area contributed by atoms with Crippen LogP contribution in [0.5, 0.6) is 0 Å². The molecule has 2 N–H and O–H groups in total. The molecule has 0 unspecified atom stereocenters. The van der Waals surface area contributed by atoms with E-state index < -0.39 is 0 Å². The van der Waals surface area contributed by atoms with Crippen LogP contribution in [0.4, 0.5) is 17.1 Å². The number of carbonyl (C=O) groups is 1. The predicted octanol–water partition coefficient (Wildman–Crippen LogP) is 3.93. The van der Waals surface area contributed by atoms with Crippen molar-refractivity contribution in [1.82, 2.24) is 0 Å². The second kappa shape index (κ2) is 9.21. The topological polar surface area (TPSA) is 105 Å².